The molecule has 0 amide bonds. The Hall–Kier alpha value is -0.990. The van der Waals surface area contributed by atoms with Gasteiger partial charge in [-0.2, -0.15) is 26.3 Å². The molecule has 2 saturated carbocycles. The van der Waals surface area contributed by atoms with Crippen LogP contribution in [0.4, 0.5) is 26.3 Å². The van der Waals surface area contributed by atoms with Gasteiger partial charge in [0.05, 0.1) is 12.0 Å². The van der Waals surface area contributed by atoms with E-state index in [-0.39, 0.29) is 25.7 Å². The molecule has 0 bridgehead atoms. The van der Waals surface area contributed by atoms with Crippen LogP contribution in [0.1, 0.15) is 25.7 Å². The van der Waals surface area contributed by atoms with Crippen molar-refractivity contribution in [2.45, 2.75) is 38.0 Å². The van der Waals surface area contributed by atoms with Crippen LogP contribution in [0.2, 0.25) is 0 Å². The number of hydrogen-bond donors (Lipinski definition) is 2. The second-order valence-electron chi connectivity index (χ2n) is 4.82. The first-order valence-electron chi connectivity index (χ1n) is 5.40. The highest BCUT2D eigenvalue weighted by Gasteiger charge is 2.69. The number of rotatable bonds is 2. The van der Waals surface area contributed by atoms with Crippen molar-refractivity contribution in [2.75, 3.05) is 6.61 Å². The lowest BCUT2D eigenvalue weighted by atomic mass is 10.1. The van der Waals surface area contributed by atoms with Crippen LogP contribution in [0.15, 0.2) is 0 Å². The van der Waals surface area contributed by atoms with E-state index in [1.54, 1.807) is 0 Å². The molecule has 0 spiro atoms. The molecule has 2 aliphatic rings. The number of carbonyl (C=O) groups is 1. The van der Waals surface area contributed by atoms with Gasteiger partial charge in [-0.25, -0.2) is 0 Å². The fourth-order valence-corrected chi connectivity index (χ4v) is 1.43. The number of carboxylic acid groups (broad SMARTS) is 1. The Labute approximate surface area is 104 Å². The maximum atomic E-state index is 11.8. The van der Waals surface area contributed by atoms with Gasteiger partial charge in [-0.05, 0) is 25.7 Å². The van der Waals surface area contributed by atoms with Crippen LogP contribution in [0.25, 0.3) is 0 Å². The summed E-state index contributed by atoms with van der Waals surface area (Å²) in [5.41, 5.74) is -4.11. The second kappa shape index (κ2) is 4.53. The molecule has 112 valence electrons. The van der Waals surface area contributed by atoms with Crippen molar-refractivity contribution in [3.05, 3.63) is 0 Å². The quantitative estimate of drug-likeness (QED) is 0.770. The van der Waals surface area contributed by atoms with Crippen molar-refractivity contribution in [1.29, 1.82) is 0 Å². The van der Waals surface area contributed by atoms with Crippen LogP contribution in [-0.2, 0) is 4.79 Å². The molecule has 9 heteroatoms. The fourth-order valence-electron chi connectivity index (χ4n) is 1.43. The topological polar surface area (TPSA) is 57.5 Å². The van der Waals surface area contributed by atoms with Crippen LogP contribution in [0.3, 0.4) is 0 Å². The Kier molecular flexibility index (Phi) is 3.83. The normalized spacial score (nSPS) is 23.1. The van der Waals surface area contributed by atoms with E-state index in [2.05, 4.69) is 0 Å². The van der Waals surface area contributed by atoms with Crippen molar-refractivity contribution in [2.24, 2.45) is 10.8 Å². The number of aliphatic hydroxyl groups excluding tert-OH is 1. The molecule has 2 fully saturated rings. The SMILES string of the molecule is O=C(O)C1(C(F)(F)F)CC1.OCC1(C(F)(F)F)CC1. The number of aliphatic carboxylic acids is 1. The lowest BCUT2D eigenvalue weighted by molar-refractivity contribution is -0.202. The molecule has 0 aromatic rings. The average Bonchev–Trinajstić information content (AvgIpc) is 3.10. The van der Waals surface area contributed by atoms with Gasteiger partial charge >= 0.3 is 18.3 Å². The lowest BCUT2D eigenvalue weighted by Crippen LogP contribution is -2.32. The van der Waals surface area contributed by atoms with Gasteiger partial charge < -0.3 is 10.2 Å². The van der Waals surface area contributed by atoms with Crippen LogP contribution in [0.5, 0.6) is 0 Å². The van der Waals surface area contributed by atoms with Crippen LogP contribution >= 0.6 is 0 Å². The highest BCUT2D eigenvalue weighted by atomic mass is 19.4. The van der Waals surface area contributed by atoms with Crippen LogP contribution in [-0.4, -0.2) is 35.1 Å². The van der Waals surface area contributed by atoms with E-state index >= 15 is 0 Å². The predicted octanol–water partition coefficient (Wildman–Crippen LogP) is 2.73. The first-order chi connectivity index (χ1) is 8.42. The van der Waals surface area contributed by atoms with Crippen LogP contribution < -0.4 is 0 Å². The van der Waals surface area contributed by atoms with Gasteiger partial charge in [-0.15, -0.1) is 0 Å². The van der Waals surface area contributed by atoms with Gasteiger partial charge in [0.15, 0.2) is 5.41 Å². The second-order valence-corrected chi connectivity index (χ2v) is 4.82. The highest BCUT2D eigenvalue weighted by Crippen LogP contribution is 2.58. The Morgan fingerprint density at radius 3 is 1.37 bits per heavy atom. The van der Waals surface area contributed by atoms with Crippen molar-refractivity contribution in [1.82, 2.24) is 0 Å². The maximum absolute atomic E-state index is 11.8. The van der Waals surface area contributed by atoms with E-state index in [1.165, 1.54) is 0 Å². The Morgan fingerprint density at radius 1 is 0.947 bits per heavy atom. The monoisotopic (exact) mass is 294 g/mol. The molecule has 2 N–H and O–H groups in total. The van der Waals surface area contributed by atoms with Crippen molar-refractivity contribution in [3.63, 3.8) is 0 Å². The number of alkyl halides is 6. The summed E-state index contributed by atoms with van der Waals surface area (Å²) >= 11 is 0. The summed E-state index contributed by atoms with van der Waals surface area (Å²) in [5.74, 6) is -1.75. The van der Waals surface area contributed by atoms with E-state index in [0.29, 0.717) is 0 Å². The molecular weight excluding hydrogens is 282 g/mol. The summed E-state index contributed by atoms with van der Waals surface area (Å²) in [6.07, 6.45) is -9.13. The number of aliphatic hydroxyl groups is 1. The molecule has 3 nitrogen and oxygen atoms in total. The minimum Gasteiger partial charge on any atom is -0.481 e. The van der Waals surface area contributed by atoms with Crippen LogP contribution in [0, 0.1) is 10.8 Å². The van der Waals surface area contributed by atoms with Gasteiger partial charge in [-0.3, -0.25) is 4.79 Å². The van der Waals surface area contributed by atoms with Gasteiger partial charge in [-0.1, -0.05) is 0 Å². The molecule has 19 heavy (non-hydrogen) atoms. The smallest absolute Gasteiger partial charge is 0.404 e. The Bertz CT molecular complexity index is 351. The lowest BCUT2D eigenvalue weighted by Gasteiger charge is -2.14. The molecule has 0 unspecified atom stereocenters. The summed E-state index contributed by atoms with van der Waals surface area (Å²) in [6.45, 7) is -0.753. The summed E-state index contributed by atoms with van der Waals surface area (Å²) < 4.78 is 70.5. The minimum absolute atomic E-state index is 0.0903. The predicted molar refractivity (Wildman–Crippen MR) is 50.2 cm³/mol. The third kappa shape index (κ3) is 2.96. The fraction of sp³-hybridized carbons (Fsp3) is 0.900. The number of hydrogen-bond acceptors (Lipinski definition) is 2. The third-order valence-electron chi connectivity index (χ3n) is 3.46. The highest BCUT2D eigenvalue weighted by molar-refractivity contribution is 5.78. The van der Waals surface area contributed by atoms with E-state index < -0.39 is 35.8 Å². The molecule has 2 rings (SSSR count). The zero-order chi connectivity index (χ0) is 15.1. The van der Waals surface area contributed by atoms with Crippen molar-refractivity contribution < 1.29 is 41.4 Å². The zero-order valence-electron chi connectivity index (χ0n) is 9.61. The Morgan fingerprint density at radius 2 is 1.37 bits per heavy atom. The molecular formula is C10H12F6O3. The standard InChI is InChI=1S/C5H5F3O2.C5H7F3O/c6-5(7,8)4(1-2-4)3(9)10;6-5(7,8)4(3-9)1-2-4/h1-2H2,(H,9,10);9H,1-3H2. The summed E-state index contributed by atoms with van der Waals surface area (Å²) in [5, 5.41) is 16.4. The number of carboxylic acids is 1. The molecule has 0 radical (unpaired) electrons. The average molecular weight is 294 g/mol. The van der Waals surface area contributed by atoms with E-state index in [4.69, 9.17) is 10.2 Å². The summed E-state index contributed by atoms with van der Waals surface area (Å²) in [6, 6.07) is 0. The van der Waals surface area contributed by atoms with Crippen molar-refractivity contribution >= 4 is 5.97 Å². The molecule has 0 atom stereocenters. The van der Waals surface area contributed by atoms with E-state index in [9.17, 15) is 31.1 Å². The first kappa shape index (κ1) is 16.1. The summed E-state index contributed by atoms with van der Waals surface area (Å²) in [4.78, 5) is 10.0. The molecule has 0 aliphatic heterocycles. The van der Waals surface area contributed by atoms with Gasteiger partial charge in [0.1, 0.15) is 0 Å². The third-order valence-corrected chi connectivity index (χ3v) is 3.46. The molecule has 0 heterocycles. The van der Waals surface area contributed by atoms with E-state index in [1.807, 2.05) is 0 Å². The maximum Gasteiger partial charge on any atom is 0.404 e. The number of halogens is 6. The Balaban J connectivity index is 0.000000191. The molecule has 2 aliphatic carbocycles. The molecule has 0 saturated heterocycles. The largest absolute Gasteiger partial charge is 0.481 e. The van der Waals surface area contributed by atoms with Gasteiger partial charge in [0.25, 0.3) is 0 Å². The molecule has 0 aromatic carbocycles. The zero-order valence-corrected chi connectivity index (χ0v) is 9.61. The minimum atomic E-state index is -4.57. The van der Waals surface area contributed by atoms with E-state index in [0.717, 1.165) is 0 Å². The first-order valence-corrected chi connectivity index (χ1v) is 5.40. The molecule has 0 aromatic heterocycles. The van der Waals surface area contributed by atoms with Gasteiger partial charge in [0, 0.05) is 0 Å². The van der Waals surface area contributed by atoms with Gasteiger partial charge in [0.2, 0.25) is 0 Å². The van der Waals surface area contributed by atoms with Crippen molar-refractivity contribution in [3.8, 4) is 0 Å². The summed E-state index contributed by atoms with van der Waals surface area (Å²) in [7, 11) is 0.